The molecule has 8 heteroatoms. The minimum atomic E-state index is -0.684. The van der Waals surface area contributed by atoms with Gasteiger partial charge in [0, 0.05) is 18.7 Å². The van der Waals surface area contributed by atoms with Crippen molar-refractivity contribution < 1.29 is 19.2 Å². The van der Waals surface area contributed by atoms with E-state index in [1.807, 2.05) is 37.3 Å². The van der Waals surface area contributed by atoms with Crippen LogP contribution in [0.15, 0.2) is 77.4 Å². The van der Waals surface area contributed by atoms with Crippen LogP contribution in [0.1, 0.15) is 28.9 Å². The third kappa shape index (κ3) is 4.94. The first-order chi connectivity index (χ1) is 14.0. The van der Waals surface area contributed by atoms with Gasteiger partial charge >= 0.3 is 5.97 Å². The van der Waals surface area contributed by atoms with Gasteiger partial charge in [-0.05, 0) is 24.6 Å². The maximum atomic E-state index is 12.9. The molecule has 1 unspecified atom stereocenters. The van der Waals surface area contributed by atoms with Gasteiger partial charge in [-0.3, -0.25) is 14.6 Å². The zero-order valence-corrected chi connectivity index (χ0v) is 16.0. The molecule has 1 fully saturated rings. The molecule has 2 amide bonds. The molecule has 0 aromatic heterocycles. The second-order valence-electron chi connectivity index (χ2n) is 6.34. The van der Waals surface area contributed by atoms with Crippen molar-refractivity contribution in [3.63, 3.8) is 0 Å². The fourth-order valence-electron chi connectivity index (χ4n) is 2.63. The standard InChI is InChI=1S/C21H20N4O4/c1-14(15-9-5-3-6-10-15)22-20(27)17(13-18-21(28)29-24-25(18)2)23-19(26)16-11-7-4-8-12-16/h3-14,24H,1-2H3,(H,22,27)/b18-13+,23-17?. The van der Waals surface area contributed by atoms with Crippen molar-refractivity contribution in [3.05, 3.63) is 83.6 Å². The van der Waals surface area contributed by atoms with Crippen LogP contribution in [0, 0.1) is 0 Å². The molecule has 8 nitrogen and oxygen atoms in total. The van der Waals surface area contributed by atoms with Gasteiger partial charge in [-0.1, -0.05) is 54.1 Å². The average molecular weight is 392 g/mol. The zero-order chi connectivity index (χ0) is 20.8. The van der Waals surface area contributed by atoms with Crippen molar-refractivity contribution in [1.29, 1.82) is 0 Å². The Labute approximate surface area is 167 Å². The number of carbonyl (C=O) groups is 3. The van der Waals surface area contributed by atoms with E-state index in [9.17, 15) is 14.4 Å². The predicted octanol–water partition coefficient (Wildman–Crippen LogP) is 1.94. The van der Waals surface area contributed by atoms with Crippen LogP contribution < -0.4 is 10.9 Å². The van der Waals surface area contributed by atoms with E-state index < -0.39 is 17.8 Å². The first-order valence-corrected chi connectivity index (χ1v) is 8.92. The van der Waals surface area contributed by atoms with Gasteiger partial charge in [0.25, 0.3) is 11.8 Å². The monoisotopic (exact) mass is 392 g/mol. The number of amides is 2. The van der Waals surface area contributed by atoms with Crippen LogP contribution in [0.3, 0.4) is 0 Å². The van der Waals surface area contributed by atoms with Crippen molar-refractivity contribution in [3.8, 4) is 0 Å². The lowest BCUT2D eigenvalue weighted by Gasteiger charge is -2.15. The van der Waals surface area contributed by atoms with Crippen LogP contribution in [-0.2, 0) is 14.4 Å². The maximum absolute atomic E-state index is 12.9. The van der Waals surface area contributed by atoms with E-state index in [-0.39, 0.29) is 17.5 Å². The molecule has 0 spiro atoms. The van der Waals surface area contributed by atoms with Gasteiger partial charge in [-0.2, -0.15) is 0 Å². The molecule has 2 aromatic rings. The molecule has 0 radical (unpaired) electrons. The van der Waals surface area contributed by atoms with Crippen LogP contribution >= 0.6 is 0 Å². The Hall–Kier alpha value is -3.78. The summed E-state index contributed by atoms with van der Waals surface area (Å²) in [7, 11) is 1.54. The number of hydrazine groups is 1. The Kier molecular flexibility index (Phi) is 6.16. The van der Waals surface area contributed by atoms with Gasteiger partial charge in [-0.25, -0.2) is 9.79 Å². The highest BCUT2D eigenvalue weighted by molar-refractivity contribution is 6.45. The number of nitrogens with zero attached hydrogens (tertiary/aromatic N) is 2. The van der Waals surface area contributed by atoms with E-state index in [2.05, 4.69) is 15.9 Å². The minimum absolute atomic E-state index is 0.0483. The van der Waals surface area contributed by atoms with Gasteiger partial charge in [0.15, 0.2) is 0 Å². The highest BCUT2D eigenvalue weighted by Gasteiger charge is 2.27. The SMILES string of the molecule is CC(NC(=O)C(/C=C1\C(=O)ONN1C)=NC(=O)c1ccccc1)c1ccccc1. The summed E-state index contributed by atoms with van der Waals surface area (Å²) in [4.78, 5) is 45.9. The van der Waals surface area contributed by atoms with Crippen molar-refractivity contribution in [2.75, 3.05) is 7.05 Å². The minimum Gasteiger partial charge on any atom is -0.345 e. The number of rotatable bonds is 5. The lowest BCUT2D eigenvalue weighted by Crippen LogP contribution is -2.34. The molecule has 2 N–H and O–H groups in total. The fraction of sp³-hybridized carbons (Fsp3) is 0.143. The third-order valence-electron chi connectivity index (χ3n) is 4.24. The summed E-state index contributed by atoms with van der Waals surface area (Å²) >= 11 is 0. The number of aliphatic imine (C=N–C) groups is 1. The summed E-state index contributed by atoms with van der Waals surface area (Å²) in [5, 5.41) is 4.09. The first kappa shape index (κ1) is 20.0. The van der Waals surface area contributed by atoms with E-state index in [1.54, 1.807) is 30.3 Å². The van der Waals surface area contributed by atoms with Crippen LogP contribution in [0.2, 0.25) is 0 Å². The Morgan fingerprint density at radius 1 is 1.10 bits per heavy atom. The molecule has 0 saturated carbocycles. The molecule has 0 bridgehead atoms. The zero-order valence-electron chi connectivity index (χ0n) is 16.0. The van der Waals surface area contributed by atoms with E-state index in [0.717, 1.165) is 5.56 Å². The molecule has 148 valence electrons. The smallest absolute Gasteiger partial charge is 0.345 e. The summed E-state index contributed by atoms with van der Waals surface area (Å²) in [6.07, 6.45) is 1.22. The molecular weight excluding hydrogens is 372 g/mol. The van der Waals surface area contributed by atoms with Crippen molar-refractivity contribution >= 4 is 23.5 Å². The van der Waals surface area contributed by atoms with Crippen LogP contribution in [0.4, 0.5) is 0 Å². The van der Waals surface area contributed by atoms with Crippen molar-refractivity contribution in [2.24, 2.45) is 4.99 Å². The second-order valence-corrected chi connectivity index (χ2v) is 6.34. The Morgan fingerprint density at radius 2 is 1.72 bits per heavy atom. The number of hydrogen-bond acceptors (Lipinski definition) is 6. The summed E-state index contributed by atoms with van der Waals surface area (Å²) < 4.78 is 0. The molecular formula is C21H20N4O4. The lowest BCUT2D eigenvalue weighted by atomic mass is 10.1. The first-order valence-electron chi connectivity index (χ1n) is 8.92. The van der Waals surface area contributed by atoms with Gasteiger partial charge in [0.1, 0.15) is 11.4 Å². The molecule has 2 aromatic carbocycles. The largest absolute Gasteiger partial charge is 0.376 e. The van der Waals surface area contributed by atoms with Gasteiger partial charge in [0.2, 0.25) is 0 Å². The van der Waals surface area contributed by atoms with E-state index in [1.165, 1.54) is 18.1 Å². The summed E-state index contributed by atoms with van der Waals surface area (Å²) in [5.41, 5.74) is 3.42. The number of carbonyl (C=O) groups excluding carboxylic acids is 3. The Bertz CT molecular complexity index is 971. The number of nitrogens with one attached hydrogen (secondary N) is 2. The fourth-order valence-corrected chi connectivity index (χ4v) is 2.63. The maximum Gasteiger partial charge on any atom is 0.376 e. The lowest BCUT2D eigenvalue weighted by molar-refractivity contribution is -0.142. The average Bonchev–Trinajstić information content (AvgIpc) is 3.06. The number of likely N-dealkylation sites (N-methyl/N-ethyl adjacent to an activating group) is 1. The van der Waals surface area contributed by atoms with Crippen molar-refractivity contribution in [1.82, 2.24) is 15.9 Å². The van der Waals surface area contributed by atoms with Crippen molar-refractivity contribution in [2.45, 2.75) is 13.0 Å². The Morgan fingerprint density at radius 3 is 2.31 bits per heavy atom. The summed E-state index contributed by atoms with van der Waals surface area (Å²) in [6, 6.07) is 17.4. The third-order valence-corrected chi connectivity index (χ3v) is 4.24. The topological polar surface area (TPSA) is 100 Å². The molecule has 0 aliphatic carbocycles. The normalized spacial score (nSPS) is 16.5. The van der Waals surface area contributed by atoms with Gasteiger partial charge in [-0.15, -0.1) is 0 Å². The highest BCUT2D eigenvalue weighted by Crippen LogP contribution is 2.13. The van der Waals surface area contributed by atoms with E-state index >= 15 is 0 Å². The van der Waals surface area contributed by atoms with Crippen LogP contribution in [0.25, 0.3) is 0 Å². The van der Waals surface area contributed by atoms with E-state index in [0.29, 0.717) is 5.56 Å². The predicted molar refractivity (Wildman–Crippen MR) is 106 cm³/mol. The van der Waals surface area contributed by atoms with E-state index in [4.69, 9.17) is 4.84 Å². The number of benzene rings is 2. The summed E-state index contributed by atoms with van der Waals surface area (Å²) in [5.74, 6) is -1.87. The van der Waals surface area contributed by atoms with Gasteiger partial charge in [0.05, 0.1) is 6.04 Å². The molecule has 1 heterocycles. The Balaban J connectivity index is 1.91. The van der Waals surface area contributed by atoms with Crippen LogP contribution in [0.5, 0.6) is 0 Å². The highest BCUT2D eigenvalue weighted by atomic mass is 16.7. The molecule has 1 atom stereocenters. The quantitative estimate of drug-likeness (QED) is 0.596. The molecule has 1 aliphatic heterocycles. The number of hydrogen-bond donors (Lipinski definition) is 2. The molecule has 1 aliphatic rings. The molecule has 29 heavy (non-hydrogen) atoms. The van der Waals surface area contributed by atoms with Gasteiger partial charge < -0.3 is 10.2 Å². The molecule has 3 rings (SSSR count). The summed E-state index contributed by atoms with van der Waals surface area (Å²) in [6.45, 7) is 1.81. The van der Waals surface area contributed by atoms with Crippen LogP contribution in [-0.4, -0.2) is 35.6 Å². The molecule has 1 saturated heterocycles. The second kappa shape index (κ2) is 8.94.